The molecule has 5 nitrogen and oxygen atoms in total. The van der Waals surface area contributed by atoms with Crippen LogP contribution in [0.15, 0.2) is 152 Å². The summed E-state index contributed by atoms with van der Waals surface area (Å²) in [6.07, 6.45) is 0. The highest BCUT2D eigenvalue weighted by Gasteiger charge is 2.20. The zero-order chi connectivity index (χ0) is 33.8. The number of para-hydroxylation sites is 4. The fourth-order valence-electron chi connectivity index (χ4n) is 7.44. The van der Waals surface area contributed by atoms with Crippen LogP contribution in [0.5, 0.6) is 0 Å². The minimum Gasteiger partial charge on any atom is -0.308 e. The third kappa shape index (κ3) is 4.31. The van der Waals surface area contributed by atoms with E-state index in [1.54, 1.807) is 0 Å². The molecule has 0 aliphatic heterocycles. The molecule has 0 N–H and O–H groups in total. The molecular formula is C45H25N5. The van der Waals surface area contributed by atoms with Crippen molar-refractivity contribution >= 4 is 43.6 Å². The number of fused-ring (bicyclic) bond motifs is 6. The molecule has 0 spiro atoms. The Hall–Kier alpha value is -7.39. The molecule has 0 aliphatic carbocycles. The Bertz CT molecular complexity index is 2960. The van der Waals surface area contributed by atoms with Gasteiger partial charge in [0.2, 0.25) is 0 Å². The zero-order valence-corrected chi connectivity index (χ0v) is 26.7. The van der Waals surface area contributed by atoms with E-state index in [9.17, 15) is 15.8 Å². The molecule has 2 heterocycles. The van der Waals surface area contributed by atoms with Crippen LogP contribution in [0, 0.1) is 34.0 Å². The molecule has 0 atom stereocenters. The Kier molecular flexibility index (Phi) is 6.56. The van der Waals surface area contributed by atoms with E-state index >= 15 is 0 Å². The summed E-state index contributed by atoms with van der Waals surface area (Å²) in [5, 5.41) is 34.2. The SMILES string of the molecule is N#Cc1ccc2c(c1)c1ccccc1n2-c1c(C#N)cccc1-c1cccc(-c2ccc(-n3c4ccccc4c4cccc(C#N)c43)cc2)c1. The van der Waals surface area contributed by atoms with Crippen molar-refractivity contribution < 1.29 is 0 Å². The van der Waals surface area contributed by atoms with Gasteiger partial charge >= 0.3 is 0 Å². The molecule has 0 bridgehead atoms. The van der Waals surface area contributed by atoms with Crippen LogP contribution in [0.25, 0.3) is 77.2 Å². The predicted molar refractivity (Wildman–Crippen MR) is 200 cm³/mol. The van der Waals surface area contributed by atoms with E-state index in [0.717, 1.165) is 77.2 Å². The van der Waals surface area contributed by atoms with Crippen molar-refractivity contribution in [3.63, 3.8) is 0 Å². The van der Waals surface area contributed by atoms with Crippen LogP contribution in [-0.2, 0) is 0 Å². The lowest BCUT2D eigenvalue weighted by molar-refractivity contribution is 1.17. The van der Waals surface area contributed by atoms with E-state index in [1.165, 1.54) is 0 Å². The summed E-state index contributed by atoms with van der Waals surface area (Å²) in [5.74, 6) is 0. The predicted octanol–water partition coefficient (Wildman–Crippen LogP) is 10.8. The fraction of sp³-hybridized carbons (Fsp3) is 0. The molecular weight excluding hydrogens is 611 g/mol. The van der Waals surface area contributed by atoms with Crippen molar-refractivity contribution in [1.29, 1.82) is 15.8 Å². The smallest absolute Gasteiger partial charge is 0.101 e. The summed E-state index contributed by atoms with van der Waals surface area (Å²) in [4.78, 5) is 0. The first kappa shape index (κ1) is 28.8. The molecule has 230 valence electrons. The third-order valence-electron chi connectivity index (χ3n) is 9.63. The number of rotatable bonds is 4. The van der Waals surface area contributed by atoms with Crippen molar-refractivity contribution in [2.45, 2.75) is 0 Å². The van der Waals surface area contributed by atoms with Gasteiger partial charge in [-0.15, -0.1) is 0 Å². The first-order valence-corrected chi connectivity index (χ1v) is 16.3. The molecule has 0 saturated heterocycles. The first-order chi connectivity index (χ1) is 24.7. The van der Waals surface area contributed by atoms with Gasteiger partial charge < -0.3 is 9.13 Å². The molecule has 2 aromatic heterocycles. The van der Waals surface area contributed by atoms with Crippen molar-refractivity contribution in [3.8, 4) is 51.8 Å². The van der Waals surface area contributed by atoms with Gasteiger partial charge in [-0.2, -0.15) is 15.8 Å². The molecule has 0 radical (unpaired) electrons. The van der Waals surface area contributed by atoms with Gasteiger partial charge in [-0.05, 0) is 77.4 Å². The molecule has 9 aromatic rings. The van der Waals surface area contributed by atoms with E-state index in [2.05, 4.69) is 112 Å². The van der Waals surface area contributed by atoms with Crippen LogP contribution in [0.3, 0.4) is 0 Å². The van der Waals surface area contributed by atoms with E-state index in [0.29, 0.717) is 16.7 Å². The standard InChI is InChI=1S/C45H25N5/c46-26-29-18-23-43-40(24-29)38-13-2-4-17-42(38)50(43)44-33(27-47)10-6-14-36(44)32-9-5-8-31(25-32)30-19-21-35(22-20-30)49-41-16-3-1-12-37(41)39-15-7-11-34(28-48)45(39)49/h1-25H. The maximum Gasteiger partial charge on any atom is 0.101 e. The van der Waals surface area contributed by atoms with Crippen molar-refractivity contribution in [1.82, 2.24) is 9.13 Å². The number of hydrogen-bond acceptors (Lipinski definition) is 3. The Balaban J connectivity index is 1.19. The highest BCUT2D eigenvalue weighted by molar-refractivity contribution is 6.11. The molecule has 7 aromatic carbocycles. The lowest BCUT2D eigenvalue weighted by Gasteiger charge is -2.16. The Labute approximate surface area is 287 Å². The molecule has 50 heavy (non-hydrogen) atoms. The normalized spacial score (nSPS) is 11.1. The van der Waals surface area contributed by atoms with Gasteiger partial charge in [0.15, 0.2) is 0 Å². The van der Waals surface area contributed by atoms with Gasteiger partial charge in [0, 0.05) is 32.8 Å². The average Bonchev–Trinajstić information content (AvgIpc) is 3.70. The van der Waals surface area contributed by atoms with Gasteiger partial charge in [-0.3, -0.25) is 0 Å². The monoisotopic (exact) mass is 635 g/mol. The number of aromatic nitrogens is 2. The van der Waals surface area contributed by atoms with E-state index in [1.807, 2.05) is 66.7 Å². The quantitative estimate of drug-likeness (QED) is 0.193. The third-order valence-corrected chi connectivity index (χ3v) is 9.63. The maximum atomic E-state index is 10.4. The molecule has 0 saturated carbocycles. The fourth-order valence-corrected chi connectivity index (χ4v) is 7.44. The number of nitriles is 3. The number of benzene rings is 7. The summed E-state index contributed by atoms with van der Waals surface area (Å²) in [6.45, 7) is 0. The van der Waals surface area contributed by atoms with Crippen LogP contribution in [-0.4, -0.2) is 9.13 Å². The second-order valence-electron chi connectivity index (χ2n) is 12.3. The van der Waals surface area contributed by atoms with Gasteiger partial charge in [-0.25, -0.2) is 0 Å². The first-order valence-electron chi connectivity index (χ1n) is 16.3. The molecule has 5 heteroatoms. The van der Waals surface area contributed by atoms with E-state index in [4.69, 9.17) is 0 Å². The topological polar surface area (TPSA) is 81.2 Å². The second-order valence-corrected chi connectivity index (χ2v) is 12.3. The van der Waals surface area contributed by atoms with Crippen molar-refractivity contribution in [2.75, 3.05) is 0 Å². The van der Waals surface area contributed by atoms with Gasteiger partial charge in [-0.1, -0.05) is 91.0 Å². The zero-order valence-electron chi connectivity index (χ0n) is 26.7. The molecule has 0 fully saturated rings. The lowest BCUT2D eigenvalue weighted by Crippen LogP contribution is -2.01. The molecule has 9 rings (SSSR count). The summed E-state index contributed by atoms with van der Waals surface area (Å²) in [5.41, 5.74) is 11.5. The van der Waals surface area contributed by atoms with Crippen LogP contribution in [0.4, 0.5) is 0 Å². The highest BCUT2D eigenvalue weighted by Crippen LogP contribution is 2.39. The molecule has 0 amide bonds. The summed E-state index contributed by atoms with van der Waals surface area (Å²) in [6, 6.07) is 57.9. The number of hydrogen-bond donors (Lipinski definition) is 0. The van der Waals surface area contributed by atoms with Crippen LogP contribution < -0.4 is 0 Å². The minimum atomic E-state index is 0.562. The number of nitrogens with zero attached hydrogens (tertiary/aromatic N) is 5. The van der Waals surface area contributed by atoms with Gasteiger partial charge in [0.1, 0.15) is 12.1 Å². The Morgan fingerprint density at radius 2 is 1.02 bits per heavy atom. The average molecular weight is 636 g/mol. The largest absolute Gasteiger partial charge is 0.308 e. The highest BCUT2D eigenvalue weighted by atomic mass is 15.0. The summed E-state index contributed by atoms with van der Waals surface area (Å²) >= 11 is 0. The minimum absolute atomic E-state index is 0.562. The van der Waals surface area contributed by atoms with Crippen LogP contribution in [0.1, 0.15) is 16.7 Å². The summed E-state index contributed by atoms with van der Waals surface area (Å²) < 4.78 is 4.33. The molecule has 0 unspecified atom stereocenters. The van der Waals surface area contributed by atoms with E-state index in [-0.39, 0.29) is 0 Å². The van der Waals surface area contributed by atoms with Gasteiger partial charge in [0.05, 0.1) is 50.5 Å². The van der Waals surface area contributed by atoms with E-state index < -0.39 is 0 Å². The van der Waals surface area contributed by atoms with Crippen molar-refractivity contribution in [2.24, 2.45) is 0 Å². The van der Waals surface area contributed by atoms with Crippen LogP contribution in [0.2, 0.25) is 0 Å². The van der Waals surface area contributed by atoms with Crippen molar-refractivity contribution in [3.05, 3.63) is 168 Å². The lowest BCUT2D eigenvalue weighted by atomic mass is 9.96. The molecule has 0 aliphatic rings. The summed E-state index contributed by atoms with van der Waals surface area (Å²) in [7, 11) is 0. The van der Waals surface area contributed by atoms with Crippen LogP contribution >= 0.6 is 0 Å². The van der Waals surface area contributed by atoms with Gasteiger partial charge in [0.25, 0.3) is 0 Å². The Morgan fingerprint density at radius 1 is 0.400 bits per heavy atom. The maximum absolute atomic E-state index is 10.4. The second kappa shape index (κ2) is 11.4. The Morgan fingerprint density at radius 3 is 1.78 bits per heavy atom.